The smallest absolute Gasteiger partial charge is 0.270 e. The number of carbonyl (C=O) groups is 1. The van der Waals surface area contributed by atoms with Gasteiger partial charge in [-0.25, -0.2) is 9.67 Å². The highest BCUT2D eigenvalue weighted by molar-refractivity contribution is 6.03. The number of aromatic nitrogens is 4. The highest BCUT2D eigenvalue weighted by atomic mass is 16.2. The maximum atomic E-state index is 12.7. The van der Waals surface area contributed by atoms with Crippen LogP contribution in [0.5, 0.6) is 0 Å². The molecule has 0 bridgehead atoms. The number of carbonyl (C=O) groups excluding carboxylic acids is 1. The van der Waals surface area contributed by atoms with E-state index in [0.29, 0.717) is 18.0 Å². The molecule has 4 rings (SSSR count). The zero-order chi connectivity index (χ0) is 18.8. The van der Waals surface area contributed by atoms with Crippen LogP contribution in [0.25, 0.3) is 5.65 Å². The maximum Gasteiger partial charge on any atom is 0.270 e. The summed E-state index contributed by atoms with van der Waals surface area (Å²) in [6, 6.07) is 16.8. The Morgan fingerprint density at radius 1 is 1.11 bits per heavy atom. The zero-order valence-corrected chi connectivity index (χ0v) is 14.7. The molecule has 0 aliphatic heterocycles. The summed E-state index contributed by atoms with van der Waals surface area (Å²) >= 11 is 0. The van der Waals surface area contributed by atoms with E-state index in [4.69, 9.17) is 0 Å². The minimum Gasteiger partial charge on any atom is -0.307 e. The van der Waals surface area contributed by atoms with Crippen molar-refractivity contribution in [3.05, 3.63) is 94.2 Å². The standard InChI is InChI=1S/C20H17N5O2/c1-14-11-18(25(23-14)13-15-7-3-2-4-8-15)22-19(26)16-12-21-17-9-5-6-10-24(17)20(16)27/h2-12H,13H2,1H3,(H,22,26). The Morgan fingerprint density at radius 2 is 1.89 bits per heavy atom. The monoisotopic (exact) mass is 359 g/mol. The molecule has 7 nitrogen and oxygen atoms in total. The number of aryl methyl sites for hydroxylation is 1. The Labute approximate surface area is 154 Å². The van der Waals surface area contributed by atoms with Gasteiger partial charge in [0.05, 0.1) is 12.2 Å². The second kappa shape index (κ2) is 6.87. The van der Waals surface area contributed by atoms with E-state index in [1.807, 2.05) is 37.3 Å². The Bertz CT molecular complexity index is 1180. The van der Waals surface area contributed by atoms with Gasteiger partial charge < -0.3 is 5.32 Å². The van der Waals surface area contributed by atoms with Gasteiger partial charge in [0.2, 0.25) is 0 Å². The SMILES string of the molecule is Cc1cc(NC(=O)c2cnc3ccccn3c2=O)n(Cc2ccccc2)n1. The van der Waals surface area contributed by atoms with Crippen LogP contribution in [0, 0.1) is 6.92 Å². The van der Waals surface area contributed by atoms with Gasteiger partial charge in [0.1, 0.15) is 17.0 Å². The van der Waals surface area contributed by atoms with Crippen LogP contribution in [-0.2, 0) is 6.54 Å². The lowest BCUT2D eigenvalue weighted by molar-refractivity contribution is 0.102. The molecule has 0 fully saturated rings. The highest BCUT2D eigenvalue weighted by Gasteiger charge is 2.16. The molecule has 0 radical (unpaired) electrons. The summed E-state index contributed by atoms with van der Waals surface area (Å²) < 4.78 is 3.05. The predicted octanol–water partition coefficient (Wildman–Crippen LogP) is 2.50. The molecule has 27 heavy (non-hydrogen) atoms. The van der Waals surface area contributed by atoms with Crippen molar-refractivity contribution in [3.8, 4) is 0 Å². The Morgan fingerprint density at radius 3 is 2.70 bits per heavy atom. The van der Waals surface area contributed by atoms with E-state index in [0.717, 1.165) is 11.3 Å². The van der Waals surface area contributed by atoms with Crippen molar-refractivity contribution >= 4 is 17.4 Å². The first-order valence-electron chi connectivity index (χ1n) is 8.48. The van der Waals surface area contributed by atoms with E-state index in [1.54, 1.807) is 35.1 Å². The zero-order valence-electron chi connectivity index (χ0n) is 14.7. The van der Waals surface area contributed by atoms with Crippen LogP contribution >= 0.6 is 0 Å². The first kappa shape index (κ1) is 16.7. The predicted molar refractivity (Wildman–Crippen MR) is 102 cm³/mol. The number of amides is 1. The molecule has 1 aromatic carbocycles. The molecular weight excluding hydrogens is 342 g/mol. The number of hydrogen-bond donors (Lipinski definition) is 1. The molecule has 0 aliphatic carbocycles. The Hall–Kier alpha value is -3.74. The van der Waals surface area contributed by atoms with Gasteiger partial charge in [-0.2, -0.15) is 5.10 Å². The Kier molecular flexibility index (Phi) is 4.25. The molecule has 3 heterocycles. The summed E-state index contributed by atoms with van der Waals surface area (Å²) in [6.45, 7) is 2.36. The third kappa shape index (κ3) is 3.35. The molecule has 0 saturated heterocycles. The minimum atomic E-state index is -0.514. The van der Waals surface area contributed by atoms with E-state index in [9.17, 15) is 9.59 Å². The summed E-state index contributed by atoms with van der Waals surface area (Å²) in [5.41, 5.74) is 1.88. The third-order valence-corrected chi connectivity index (χ3v) is 4.18. The van der Waals surface area contributed by atoms with Gasteiger partial charge in [-0.1, -0.05) is 36.4 Å². The van der Waals surface area contributed by atoms with Crippen molar-refractivity contribution in [1.29, 1.82) is 0 Å². The van der Waals surface area contributed by atoms with E-state index >= 15 is 0 Å². The average molecular weight is 359 g/mol. The fourth-order valence-corrected chi connectivity index (χ4v) is 2.89. The summed E-state index contributed by atoms with van der Waals surface area (Å²) in [7, 11) is 0. The summed E-state index contributed by atoms with van der Waals surface area (Å²) in [4.78, 5) is 29.4. The topological polar surface area (TPSA) is 81.3 Å². The van der Waals surface area contributed by atoms with Gasteiger partial charge in [-0.3, -0.25) is 14.0 Å². The molecule has 0 atom stereocenters. The van der Waals surface area contributed by atoms with E-state index in [1.165, 1.54) is 10.6 Å². The van der Waals surface area contributed by atoms with Gasteiger partial charge in [0, 0.05) is 18.5 Å². The fraction of sp³-hybridized carbons (Fsp3) is 0.100. The third-order valence-electron chi connectivity index (χ3n) is 4.18. The Balaban J connectivity index is 1.64. The molecule has 0 unspecified atom stereocenters. The molecule has 3 aromatic heterocycles. The van der Waals surface area contributed by atoms with Crippen molar-refractivity contribution in [2.75, 3.05) is 5.32 Å². The first-order chi connectivity index (χ1) is 13.1. The number of hydrogen-bond acceptors (Lipinski definition) is 4. The van der Waals surface area contributed by atoms with Crippen molar-refractivity contribution in [1.82, 2.24) is 19.2 Å². The first-order valence-corrected chi connectivity index (χ1v) is 8.48. The van der Waals surface area contributed by atoms with Gasteiger partial charge in [-0.05, 0) is 24.6 Å². The van der Waals surface area contributed by atoms with Crippen molar-refractivity contribution in [3.63, 3.8) is 0 Å². The molecular formula is C20H17N5O2. The van der Waals surface area contributed by atoms with Crippen LogP contribution in [0.4, 0.5) is 5.82 Å². The quantitative estimate of drug-likeness (QED) is 0.607. The van der Waals surface area contributed by atoms with Crippen molar-refractivity contribution in [2.24, 2.45) is 0 Å². The summed E-state index contributed by atoms with van der Waals surface area (Å²) in [6.07, 6.45) is 2.89. The largest absolute Gasteiger partial charge is 0.307 e. The minimum absolute atomic E-state index is 0.0242. The van der Waals surface area contributed by atoms with Crippen LogP contribution < -0.4 is 10.9 Å². The maximum absolute atomic E-state index is 12.7. The van der Waals surface area contributed by atoms with Gasteiger partial charge in [0.25, 0.3) is 11.5 Å². The van der Waals surface area contributed by atoms with Gasteiger partial charge in [0.15, 0.2) is 0 Å². The van der Waals surface area contributed by atoms with Gasteiger partial charge in [-0.15, -0.1) is 0 Å². The molecule has 134 valence electrons. The second-order valence-corrected chi connectivity index (χ2v) is 6.17. The number of anilines is 1. The second-order valence-electron chi connectivity index (χ2n) is 6.17. The van der Waals surface area contributed by atoms with Crippen molar-refractivity contribution < 1.29 is 4.79 Å². The lowest BCUT2D eigenvalue weighted by Crippen LogP contribution is -2.27. The van der Waals surface area contributed by atoms with E-state index in [-0.39, 0.29) is 5.56 Å². The van der Waals surface area contributed by atoms with Crippen molar-refractivity contribution in [2.45, 2.75) is 13.5 Å². The molecule has 0 saturated carbocycles. The lowest BCUT2D eigenvalue weighted by Gasteiger charge is -2.09. The van der Waals surface area contributed by atoms with Crippen LogP contribution in [0.2, 0.25) is 0 Å². The molecule has 7 heteroatoms. The molecule has 0 aliphatic rings. The van der Waals surface area contributed by atoms with E-state index in [2.05, 4.69) is 15.4 Å². The van der Waals surface area contributed by atoms with Crippen LogP contribution in [0.1, 0.15) is 21.6 Å². The van der Waals surface area contributed by atoms with Crippen LogP contribution in [-0.4, -0.2) is 25.1 Å². The normalized spacial score (nSPS) is 10.9. The number of pyridine rings is 1. The number of rotatable bonds is 4. The molecule has 1 amide bonds. The van der Waals surface area contributed by atoms with E-state index < -0.39 is 11.5 Å². The fourth-order valence-electron chi connectivity index (χ4n) is 2.89. The molecule has 1 N–H and O–H groups in total. The van der Waals surface area contributed by atoms with Crippen LogP contribution in [0.3, 0.4) is 0 Å². The molecule has 4 aromatic rings. The lowest BCUT2D eigenvalue weighted by atomic mass is 10.2. The summed E-state index contributed by atoms with van der Waals surface area (Å²) in [5.74, 6) is 0.0128. The molecule has 0 spiro atoms. The average Bonchev–Trinajstić information content (AvgIpc) is 3.01. The summed E-state index contributed by atoms with van der Waals surface area (Å²) in [5, 5.41) is 7.21. The number of benzene rings is 1. The van der Waals surface area contributed by atoms with Crippen LogP contribution in [0.15, 0.2) is 71.8 Å². The van der Waals surface area contributed by atoms with Gasteiger partial charge >= 0.3 is 0 Å². The number of nitrogens with zero attached hydrogens (tertiary/aromatic N) is 4. The number of nitrogens with one attached hydrogen (secondary N) is 1. The number of fused-ring (bicyclic) bond motifs is 1. The highest BCUT2D eigenvalue weighted by Crippen LogP contribution is 2.14.